The molecule has 1 aromatic carbocycles. The highest BCUT2D eigenvalue weighted by Gasteiger charge is 2.06. The van der Waals surface area contributed by atoms with Gasteiger partial charge in [-0.1, -0.05) is 26.0 Å². The van der Waals surface area contributed by atoms with Crippen molar-refractivity contribution < 1.29 is 4.79 Å². The Morgan fingerprint density at radius 3 is 2.75 bits per heavy atom. The zero-order chi connectivity index (χ0) is 19.5. The molecule has 0 bridgehead atoms. The number of carbonyl (C=O) groups excluding carboxylic acids is 1. The van der Waals surface area contributed by atoms with Crippen molar-refractivity contribution in [3.8, 4) is 0 Å². The number of nitrogens with one attached hydrogen (secondary N) is 3. The Bertz CT molecular complexity index is 730. The molecular formula is C20H31IN6O. The van der Waals surface area contributed by atoms with Gasteiger partial charge in [-0.2, -0.15) is 5.10 Å². The number of hydrogen-bond acceptors (Lipinski definition) is 3. The van der Waals surface area contributed by atoms with Crippen molar-refractivity contribution in [2.24, 2.45) is 10.9 Å². The Balaban J connectivity index is 0.00000392. The number of guanidine groups is 1. The Kier molecular flexibility index (Phi) is 11.2. The van der Waals surface area contributed by atoms with Gasteiger partial charge in [0.25, 0.3) is 0 Å². The third-order valence-electron chi connectivity index (χ3n) is 3.90. The number of anilines is 1. The van der Waals surface area contributed by atoms with Crippen molar-refractivity contribution in [1.29, 1.82) is 0 Å². The van der Waals surface area contributed by atoms with Crippen LogP contribution >= 0.6 is 24.0 Å². The highest BCUT2D eigenvalue weighted by atomic mass is 127. The summed E-state index contributed by atoms with van der Waals surface area (Å²) in [6, 6.07) is 9.78. The van der Waals surface area contributed by atoms with Gasteiger partial charge in [0.2, 0.25) is 5.91 Å². The van der Waals surface area contributed by atoms with Crippen LogP contribution in [0.5, 0.6) is 0 Å². The molecule has 0 unspecified atom stereocenters. The second kappa shape index (κ2) is 13.1. The summed E-state index contributed by atoms with van der Waals surface area (Å²) >= 11 is 0. The topological polar surface area (TPSA) is 83.3 Å². The monoisotopic (exact) mass is 498 g/mol. The molecule has 1 amide bonds. The lowest BCUT2D eigenvalue weighted by Gasteiger charge is -2.13. The quantitative estimate of drug-likeness (QED) is 0.215. The zero-order valence-electron chi connectivity index (χ0n) is 16.8. The molecule has 0 radical (unpaired) electrons. The van der Waals surface area contributed by atoms with Crippen LogP contribution in [0, 0.1) is 5.92 Å². The molecule has 0 fully saturated rings. The highest BCUT2D eigenvalue weighted by molar-refractivity contribution is 14.0. The number of rotatable bonds is 9. The van der Waals surface area contributed by atoms with Crippen LogP contribution in [0.15, 0.2) is 47.7 Å². The number of hydrogen-bond donors (Lipinski definition) is 3. The van der Waals surface area contributed by atoms with Crippen molar-refractivity contribution >= 4 is 41.5 Å². The number of aromatic nitrogens is 2. The van der Waals surface area contributed by atoms with Crippen LogP contribution in [-0.2, 0) is 17.9 Å². The second-order valence-corrected chi connectivity index (χ2v) is 6.82. The van der Waals surface area contributed by atoms with Crippen molar-refractivity contribution in [2.45, 2.75) is 39.8 Å². The van der Waals surface area contributed by atoms with Gasteiger partial charge in [0.05, 0.1) is 0 Å². The summed E-state index contributed by atoms with van der Waals surface area (Å²) in [6.45, 7) is 6.38. The molecule has 28 heavy (non-hydrogen) atoms. The molecular weight excluding hydrogens is 467 g/mol. The molecule has 0 spiro atoms. The summed E-state index contributed by atoms with van der Waals surface area (Å²) in [5.41, 5.74) is 1.90. The Morgan fingerprint density at radius 1 is 1.25 bits per heavy atom. The SMILES string of the molecule is CN=C(NCCCn1cccn1)NCc1cccc(NC(=O)CC(C)C)c1.I. The third-order valence-corrected chi connectivity index (χ3v) is 3.90. The molecule has 2 aromatic rings. The van der Waals surface area contributed by atoms with E-state index in [1.807, 2.05) is 55.1 Å². The average molecular weight is 498 g/mol. The Morgan fingerprint density at radius 2 is 2.07 bits per heavy atom. The molecule has 1 aromatic heterocycles. The van der Waals surface area contributed by atoms with Gasteiger partial charge in [-0.3, -0.25) is 14.5 Å². The smallest absolute Gasteiger partial charge is 0.224 e. The standard InChI is InChI=1S/C20H30N6O.HI/c1-16(2)13-19(27)25-18-8-4-7-17(14-18)15-23-20(21-3)22-9-5-11-26-12-6-10-24-26;/h4,6-8,10,12,14,16H,5,9,11,13,15H2,1-3H3,(H,25,27)(H2,21,22,23);1H. The summed E-state index contributed by atoms with van der Waals surface area (Å²) in [4.78, 5) is 16.2. The number of aliphatic imine (C=N–C) groups is 1. The fraction of sp³-hybridized carbons (Fsp3) is 0.450. The van der Waals surface area contributed by atoms with Crippen LogP contribution in [0.1, 0.15) is 32.3 Å². The van der Waals surface area contributed by atoms with Crippen molar-refractivity contribution in [2.75, 3.05) is 18.9 Å². The van der Waals surface area contributed by atoms with E-state index in [9.17, 15) is 4.79 Å². The van der Waals surface area contributed by atoms with Gasteiger partial charge in [0.15, 0.2) is 5.96 Å². The molecule has 0 aliphatic carbocycles. The fourth-order valence-corrected chi connectivity index (χ4v) is 2.63. The molecule has 0 saturated heterocycles. The lowest BCUT2D eigenvalue weighted by molar-refractivity contribution is -0.116. The zero-order valence-corrected chi connectivity index (χ0v) is 19.1. The van der Waals surface area contributed by atoms with Crippen LogP contribution in [0.4, 0.5) is 5.69 Å². The minimum atomic E-state index is 0. The maximum atomic E-state index is 11.9. The molecule has 0 atom stereocenters. The number of benzene rings is 1. The van der Waals surface area contributed by atoms with Crippen LogP contribution in [0.3, 0.4) is 0 Å². The molecule has 154 valence electrons. The van der Waals surface area contributed by atoms with E-state index in [1.165, 1.54) is 0 Å². The maximum Gasteiger partial charge on any atom is 0.224 e. The van der Waals surface area contributed by atoms with E-state index in [1.54, 1.807) is 13.2 Å². The van der Waals surface area contributed by atoms with Crippen LogP contribution in [0.25, 0.3) is 0 Å². The number of halogens is 1. The molecule has 0 aliphatic heterocycles. The summed E-state index contributed by atoms with van der Waals surface area (Å²) in [5.74, 6) is 1.15. The Labute approximate surface area is 184 Å². The molecule has 2 rings (SSSR count). The van der Waals surface area contributed by atoms with Gasteiger partial charge in [0.1, 0.15) is 0 Å². The first-order chi connectivity index (χ1) is 13.1. The number of carbonyl (C=O) groups is 1. The third kappa shape index (κ3) is 9.20. The summed E-state index contributed by atoms with van der Waals surface area (Å²) in [6.07, 6.45) is 5.23. The van der Waals surface area contributed by atoms with Gasteiger partial charge in [0, 0.05) is 51.2 Å². The van der Waals surface area contributed by atoms with Crippen molar-refractivity contribution in [3.05, 3.63) is 48.3 Å². The number of amides is 1. The summed E-state index contributed by atoms with van der Waals surface area (Å²) < 4.78 is 1.91. The predicted octanol–water partition coefficient (Wildman–Crippen LogP) is 3.24. The second-order valence-electron chi connectivity index (χ2n) is 6.82. The van der Waals surface area contributed by atoms with E-state index in [2.05, 4.69) is 26.0 Å². The largest absolute Gasteiger partial charge is 0.356 e. The summed E-state index contributed by atoms with van der Waals surface area (Å²) in [7, 11) is 1.76. The average Bonchev–Trinajstić information content (AvgIpc) is 3.14. The fourth-order valence-electron chi connectivity index (χ4n) is 2.63. The minimum Gasteiger partial charge on any atom is -0.356 e. The van der Waals surface area contributed by atoms with Gasteiger partial charge >= 0.3 is 0 Å². The van der Waals surface area contributed by atoms with E-state index in [4.69, 9.17) is 0 Å². The minimum absolute atomic E-state index is 0. The first kappa shape index (κ1) is 23.9. The lowest BCUT2D eigenvalue weighted by Crippen LogP contribution is -2.37. The first-order valence-corrected chi connectivity index (χ1v) is 9.37. The van der Waals surface area contributed by atoms with Crippen LogP contribution < -0.4 is 16.0 Å². The lowest BCUT2D eigenvalue weighted by atomic mass is 10.1. The van der Waals surface area contributed by atoms with Crippen LogP contribution in [-0.4, -0.2) is 35.2 Å². The molecule has 3 N–H and O–H groups in total. The van der Waals surface area contributed by atoms with E-state index in [0.29, 0.717) is 18.9 Å². The maximum absolute atomic E-state index is 11.9. The predicted molar refractivity (Wildman–Crippen MR) is 125 cm³/mol. The van der Waals surface area contributed by atoms with Crippen molar-refractivity contribution in [3.63, 3.8) is 0 Å². The van der Waals surface area contributed by atoms with E-state index in [-0.39, 0.29) is 29.9 Å². The van der Waals surface area contributed by atoms with E-state index < -0.39 is 0 Å². The highest BCUT2D eigenvalue weighted by Crippen LogP contribution is 2.12. The van der Waals surface area contributed by atoms with Gasteiger partial charge in [-0.05, 0) is 36.1 Å². The molecule has 8 heteroatoms. The van der Waals surface area contributed by atoms with Gasteiger partial charge in [-0.25, -0.2) is 0 Å². The normalized spacial score (nSPS) is 11.1. The van der Waals surface area contributed by atoms with Crippen LogP contribution in [0.2, 0.25) is 0 Å². The van der Waals surface area contributed by atoms with Crippen molar-refractivity contribution in [1.82, 2.24) is 20.4 Å². The van der Waals surface area contributed by atoms with E-state index >= 15 is 0 Å². The number of nitrogens with zero attached hydrogens (tertiary/aromatic N) is 3. The number of aryl methyl sites for hydroxylation is 1. The Hall–Kier alpha value is -2.10. The van der Waals surface area contributed by atoms with Gasteiger partial charge < -0.3 is 16.0 Å². The molecule has 0 aliphatic rings. The molecule has 1 heterocycles. The first-order valence-electron chi connectivity index (χ1n) is 9.37. The molecule has 7 nitrogen and oxygen atoms in total. The van der Waals surface area contributed by atoms with Gasteiger partial charge in [-0.15, -0.1) is 24.0 Å². The summed E-state index contributed by atoms with van der Waals surface area (Å²) in [5, 5.41) is 13.7. The molecule has 0 saturated carbocycles. The van der Waals surface area contributed by atoms with E-state index in [0.717, 1.165) is 36.7 Å².